The van der Waals surface area contributed by atoms with Crippen LogP contribution in [-0.4, -0.2) is 28.1 Å². The van der Waals surface area contributed by atoms with Crippen LogP contribution in [0.25, 0.3) is 0 Å². The minimum absolute atomic E-state index is 0.324. The van der Waals surface area contributed by atoms with Gasteiger partial charge in [0.15, 0.2) is 0 Å². The zero-order valence-corrected chi connectivity index (χ0v) is 11.4. The minimum Gasteiger partial charge on any atom is -0.325 e. The topological polar surface area (TPSA) is 68.8 Å². The summed E-state index contributed by atoms with van der Waals surface area (Å²) in [6.07, 6.45) is 1.90. The molecule has 0 saturated carbocycles. The van der Waals surface area contributed by atoms with E-state index in [9.17, 15) is 0 Å². The fourth-order valence-electron chi connectivity index (χ4n) is 1.35. The van der Waals surface area contributed by atoms with Crippen LogP contribution < -0.4 is 11.1 Å². The molecule has 0 atom stereocenters. The first-order chi connectivity index (χ1) is 7.95. The molecule has 0 spiro atoms. The lowest BCUT2D eigenvalue weighted by Crippen LogP contribution is -2.35. The van der Waals surface area contributed by atoms with Crippen LogP contribution in [0.2, 0.25) is 0 Å². The lowest BCUT2D eigenvalue weighted by molar-refractivity contribution is 0.237. The van der Waals surface area contributed by atoms with Crippen LogP contribution in [0, 0.1) is 11.3 Å². The van der Waals surface area contributed by atoms with Gasteiger partial charge in [0.25, 0.3) is 0 Å². The van der Waals surface area contributed by atoms with E-state index >= 15 is 0 Å². The van der Waals surface area contributed by atoms with Gasteiger partial charge in [-0.15, -0.1) is 5.10 Å². The summed E-state index contributed by atoms with van der Waals surface area (Å²) in [6, 6.07) is 0. The summed E-state index contributed by atoms with van der Waals surface area (Å²) in [6.45, 7) is 12.3. The molecule has 5 heteroatoms. The van der Waals surface area contributed by atoms with Gasteiger partial charge < -0.3 is 11.1 Å². The summed E-state index contributed by atoms with van der Waals surface area (Å²) in [4.78, 5) is 0. The van der Waals surface area contributed by atoms with Crippen molar-refractivity contribution in [3.05, 3.63) is 11.9 Å². The van der Waals surface area contributed by atoms with E-state index in [1.54, 1.807) is 0 Å². The number of aromatic nitrogens is 3. The lowest BCUT2D eigenvalue weighted by atomic mass is 9.81. The Balaban J connectivity index is 2.24. The molecule has 0 unspecified atom stereocenters. The fourth-order valence-corrected chi connectivity index (χ4v) is 1.35. The van der Waals surface area contributed by atoms with Crippen molar-refractivity contribution in [3.8, 4) is 0 Å². The molecule has 0 bridgehead atoms. The van der Waals surface area contributed by atoms with Crippen LogP contribution >= 0.6 is 0 Å². The Hall–Kier alpha value is -0.940. The van der Waals surface area contributed by atoms with Crippen LogP contribution in [0.15, 0.2) is 6.20 Å². The average molecular weight is 239 g/mol. The Bertz CT molecular complexity index is 329. The summed E-state index contributed by atoms with van der Waals surface area (Å²) < 4.78 is 1.83. The van der Waals surface area contributed by atoms with Crippen molar-refractivity contribution < 1.29 is 0 Å². The zero-order chi connectivity index (χ0) is 12.9. The first-order valence-corrected chi connectivity index (χ1v) is 6.25. The second-order valence-electron chi connectivity index (χ2n) is 5.50. The highest BCUT2D eigenvalue weighted by Crippen LogP contribution is 2.24. The van der Waals surface area contributed by atoms with Gasteiger partial charge in [-0.3, -0.25) is 4.68 Å². The number of nitrogens with zero attached hydrogens (tertiary/aromatic N) is 3. The molecular formula is C12H25N5. The summed E-state index contributed by atoms with van der Waals surface area (Å²) in [5, 5.41) is 11.4. The second kappa shape index (κ2) is 6.12. The molecule has 0 aliphatic carbocycles. The van der Waals surface area contributed by atoms with Crippen LogP contribution in [0.3, 0.4) is 0 Å². The Morgan fingerprint density at radius 3 is 2.71 bits per heavy atom. The van der Waals surface area contributed by atoms with Crippen molar-refractivity contribution in [2.45, 2.75) is 40.8 Å². The molecule has 0 aromatic carbocycles. The molecule has 1 heterocycles. The van der Waals surface area contributed by atoms with Crippen molar-refractivity contribution in [2.75, 3.05) is 13.1 Å². The van der Waals surface area contributed by atoms with Crippen molar-refractivity contribution in [1.82, 2.24) is 20.3 Å². The highest BCUT2D eigenvalue weighted by Gasteiger charge is 2.21. The molecule has 0 fully saturated rings. The van der Waals surface area contributed by atoms with E-state index in [2.05, 4.69) is 43.3 Å². The van der Waals surface area contributed by atoms with Crippen molar-refractivity contribution >= 4 is 0 Å². The molecule has 1 aromatic heterocycles. The molecule has 0 aliphatic heterocycles. The molecule has 0 radical (unpaired) electrons. The monoisotopic (exact) mass is 239 g/mol. The highest BCUT2D eigenvalue weighted by molar-refractivity contribution is 4.90. The first kappa shape index (κ1) is 14.1. The van der Waals surface area contributed by atoms with Gasteiger partial charge in [-0.05, 0) is 11.3 Å². The lowest BCUT2D eigenvalue weighted by Gasteiger charge is -2.29. The predicted molar refractivity (Wildman–Crippen MR) is 69.4 cm³/mol. The Labute approximate surface area is 104 Å². The standard InChI is InChI=1S/C12H25N5/c1-10(2)12(3,4)9-14-5-6-17-8-11(7-13)15-16-17/h8,10,14H,5-7,9,13H2,1-4H3. The zero-order valence-electron chi connectivity index (χ0n) is 11.4. The van der Waals surface area contributed by atoms with Gasteiger partial charge >= 0.3 is 0 Å². The Morgan fingerprint density at radius 2 is 2.18 bits per heavy atom. The van der Waals surface area contributed by atoms with Gasteiger partial charge in [0.2, 0.25) is 0 Å². The third-order valence-electron chi connectivity index (χ3n) is 3.46. The summed E-state index contributed by atoms with van der Waals surface area (Å²) in [7, 11) is 0. The van der Waals surface area contributed by atoms with Gasteiger partial charge in [0, 0.05) is 25.8 Å². The maximum atomic E-state index is 5.48. The number of hydrogen-bond acceptors (Lipinski definition) is 4. The Kier molecular flexibility index (Phi) is 5.08. The van der Waals surface area contributed by atoms with E-state index in [0.717, 1.165) is 25.3 Å². The van der Waals surface area contributed by atoms with E-state index < -0.39 is 0 Å². The molecule has 1 rings (SSSR count). The van der Waals surface area contributed by atoms with Crippen molar-refractivity contribution in [2.24, 2.45) is 17.1 Å². The maximum Gasteiger partial charge on any atom is 0.0962 e. The molecule has 0 aliphatic rings. The van der Waals surface area contributed by atoms with E-state index in [-0.39, 0.29) is 0 Å². The number of rotatable bonds is 7. The smallest absolute Gasteiger partial charge is 0.0962 e. The van der Waals surface area contributed by atoms with Crippen LogP contribution in [0.5, 0.6) is 0 Å². The van der Waals surface area contributed by atoms with Gasteiger partial charge in [0.05, 0.1) is 12.2 Å². The molecular weight excluding hydrogens is 214 g/mol. The Morgan fingerprint density at radius 1 is 1.47 bits per heavy atom. The SMILES string of the molecule is CC(C)C(C)(C)CNCCn1cc(CN)nn1. The minimum atomic E-state index is 0.324. The van der Waals surface area contributed by atoms with Gasteiger partial charge in [-0.2, -0.15) is 0 Å². The largest absolute Gasteiger partial charge is 0.325 e. The van der Waals surface area contributed by atoms with Gasteiger partial charge in [0.1, 0.15) is 0 Å². The van der Waals surface area contributed by atoms with E-state index in [4.69, 9.17) is 5.73 Å². The van der Waals surface area contributed by atoms with E-state index in [1.165, 1.54) is 0 Å². The molecule has 0 amide bonds. The van der Waals surface area contributed by atoms with Crippen molar-refractivity contribution in [3.63, 3.8) is 0 Å². The molecule has 0 saturated heterocycles. The number of nitrogens with two attached hydrogens (primary N) is 1. The molecule has 3 N–H and O–H groups in total. The third-order valence-corrected chi connectivity index (χ3v) is 3.46. The van der Waals surface area contributed by atoms with Crippen molar-refractivity contribution in [1.29, 1.82) is 0 Å². The molecule has 17 heavy (non-hydrogen) atoms. The number of nitrogens with one attached hydrogen (secondary N) is 1. The molecule has 5 nitrogen and oxygen atoms in total. The second-order valence-corrected chi connectivity index (χ2v) is 5.50. The van der Waals surface area contributed by atoms with E-state index in [1.807, 2.05) is 10.9 Å². The van der Waals surface area contributed by atoms with Crippen LogP contribution in [0.4, 0.5) is 0 Å². The first-order valence-electron chi connectivity index (χ1n) is 6.25. The normalized spacial score (nSPS) is 12.4. The van der Waals surface area contributed by atoms with Crippen LogP contribution in [0.1, 0.15) is 33.4 Å². The molecule has 98 valence electrons. The average Bonchev–Trinajstić information content (AvgIpc) is 2.72. The summed E-state index contributed by atoms with van der Waals surface area (Å²) in [5.41, 5.74) is 6.64. The van der Waals surface area contributed by atoms with Gasteiger partial charge in [-0.1, -0.05) is 32.9 Å². The van der Waals surface area contributed by atoms with E-state index in [0.29, 0.717) is 17.9 Å². The highest BCUT2D eigenvalue weighted by atomic mass is 15.4. The summed E-state index contributed by atoms with van der Waals surface area (Å²) in [5.74, 6) is 0.671. The third kappa shape index (κ3) is 4.44. The number of hydrogen-bond donors (Lipinski definition) is 2. The quantitative estimate of drug-likeness (QED) is 0.697. The predicted octanol–water partition coefficient (Wildman–Crippen LogP) is 1.01. The van der Waals surface area contributed by atoms with Gasteiger partial charge in [-0.25, -0.2) is 0 Å². The summed E-state index contributed by atoms with van der Waals surface area (Å²) >= 11 is 0. The fraction of sp³-hybridized carbons (Fsp3) is 0.833. The van der Waals surface area contributed by atoms with Crippen LogP contribution in [-0.2, 0) is 13.1 Å². The maximum absolute atomic E-state index is 5.48. The molecule has 1 aromatic rings.